The molecule has 0 aliphatic rings. The van der Waals surface area contributed by atoms with Gasteiger partial charge in [-0.05, 0) is 44.0 Å². The summed E-state index contributed by atoms with van der Waals surface area (Å²) in [6.45, 7) is 4.27. The van der Waals surface area contributed by atoms with Gasteiger partial charge < -0.3 is 14.8 Å². The summed E-state index contributed by atoms with van der Waals surface area (Å²) in [5, 5.41) is 3.43. The summed E-state index contributed by atoms with van der Waals surface area (Å²) in [6.07, 6.45) is 7.02. The smallest absolute Gasteiger partial charge is 0.0700 e. The lowest BCUT2D eigenvalue weighted by Gasteiger charge is -2.05. The largest absolute Gasteiger partial charge is 0.382 e. The van der Waals surface area contributed by atoms with Crippen molar-refractivity contribution in [1.29, 1.82) is 0 Å². The molecule has 1 heterocycles. The Morgan fingerprint density at radius 2 is 2.11 bits per heavy atom. The van der Waals surface area contributed by atoms with Crippen molar-refractivity contribution in [3.05, 3.63) is 30.1 Å². The number of pyridine rings is 1. The van der Waals surface area contributed by atoms with Gasteiger partial charge in [0.1, 0.15) is 0 Å². The number of aromatic nitrogens is 1. The molecule has 0 aliphatic heterocycles. The van der Waals surface area contributed by atoms with E-state index in [1.165, 1.54) is 5.56 Å². The number of hydrogen-bond acceptors (Lipinski definition) is 4. The average Bonchev–Trinajstić information content (AvgIpc) is 2.42. The molecular formula is C14H24N2O2. The molecule has 0 unspecified atom stereocenters. The highest BCUT2D eigenvalue weighted by Crippen LogP contribution is 1.95. The van der Waals surface area contributed by atoms with Crippen LogP contribution in [0.1, 0.15) is 18.4 Å². The maximum absolute atomic E-state index is 5.39. The van der Waals surface area contributed by atoms with Gasteiger partial charge in [0.15, 0.2) is 0 Å². The molecule has 0 radical (unpaired) electrons. The van der Waals surface area contributed by atoms with Gasteiger partial charge in [0, 0.05) is 26.1 Å². The number of ether oxygens (including phenoxy) is 2. The summed E-state index contributed by atoms with van der Waals surface area (Å²) < 4.78 is 10.3. The SMILES string of the molecule is COCCOCCCCNCCc1cccnc1. The molecule has 0 spiro atoms. The summed E-state index contributed by atoms with van der Waals surface area (Å²) in [5.41, 5.74) is 1.29. The van der Waals surface area contributed by atoms with Gasteiger partial charge in [0.2, 0.25) is 0 Å². The number of hydrogen-bond donors (Lipinski definition) is 1. The molecule has 0 aromatic carbocycles. The highest BCUT2D eigenvalue weighted by Gasteiger charge is 1.93. The molecule has 4 nitrogen and oxygen atoms in total. The van der Waals surface area contributed by atoms with Crippen LogP contribution >= 0.6 is 0 Å². The first kappa shape index (κ1) is 15.1. The standard InChI is InChI=1S/C14H24N2O2/c1-17-11-12-18-10-3-2-7-15-9-6-14-5-4-8-16-13-14/h4-5,8,13,15H,2-3,6-7,9-12H2,1H3. The van der Waals surface area contributed by atoms with Crippen LogP contribution in [0.4, 0.5) is 0 Å². The van der Waals surface area contributed by atoms with Gasteiger partial charge in [-0.15, -0.1) is 0 Å². The quantitative estimate of drug-likeness (QED) is 0.608. The van der Waals surface area contributed by atoms with Gasteiger partial charge >= 0.3 is 0 Å². The van der Waals surface area contributed by atoms with Crippen molar-refractivity contribution in [3.8, 4) is 0 Å². The zero-order valence-corrected chi connectivity index (χ0v) is 11.2. The fourth-order valence-electron chi connectivity index (χ4n) is 1.60. The molecule has 0 atom stereocenters. The van der Waals surface area contributed by atoms with Crippen molar-refractivity contribution in [2.24, 2.45) is 0 Å². The summed E-state index contributed by atoms with van der Waals surface area (Å²) in [4.78, 5) is 4.09. The van der Waals surface area contributed by atoms with Crippen LogP contribution in [0.5, 0.6) is 0 Å². The number of nitrogens with zero attached hydrogens (tertiary/aromatic N) is 1. The molecule has 0 saturated carbocycles. The van der Waals surface area contributed by atoms with Crippen LogP contribution in [0, 0.1) is 0 Å². The molecular weight excluding hydrogens is 228 g/mol. The Labute approximate surface area is 110 Å². The molecule has 0 fully saturated rings. The van der Waals surface area contributed by atoms with E-state index in [4.69, 9.17) is 9.47 Å². The molecule has 0 bridgehead atoms. The van der Waals surface area contributed by atoms with Gasteiger partial charge in [-0.25, -0.2) is 0 Å². The number of rotatable bonds is 11. The Morgan fingerprint density at radius 3 is 2.89 bits per heavy atom. The van der Waals surface area contributed by atoms with Gasteiger partial charge in [-0.2, -0.15) is 0 Å². The molecule has 0 aliphatic carbocycles. The minimum Gasteiger partial charge on any atom is -0.382 e. The lowest BCUT2D eigenvalue weighted by molar-refractivity contribution is 0.0688. The van der Waals surface area contributed by atoms with Crippen LogP contribution in [0.2, 0.25) is 0 Å². The normalized spacial score (nSPS) is 10.7. The highest BCUT2D eigenvalue weighted by atomic mass is 16.5. The Balaban J connectivity index is 1.82. The molecule has 1 rings (SSSR count). The maximum atomic E-state index is 5.39. The minimum absolute atomic E-state index is 0.684. The van der Waals surface area contributed by atoms with Gasteiger partial charge in [-0.1, -0.05) is 6.07 Å². The van der Waals surface area contributed by atoms with Crippen molar-refractivity contribution in [2.45, 2.75) is 19.3 Å². The topological polar surface area (TPSA) is 43.4 Å². The maximum Gasteiger partial charge on any atom is 0.0700 e. The molecule has 1 aromatic heterocycles. The van der Waals surface area contributed by atoms with Crippen molar-refractivity contribution >= 4 is 0 Å². The zero-order chi connectivity index (χ0) is 12.9. The van der Waals surface area contributed by atoms with Crippen LogP contribution in [0.3, 0.4) is 0 Å². The van der Waals surface area contributed by atoms with Gasteiger partial charge in [0.25, 0.3) is 0 Å². The third kappa shape index (κ3) is 8.17. The van der Waals surface area contributed by atoms with E-state index in [9.17, 15) is 0 Å². The Hall–Kier alpha value is -0.970. The van der Waals surface area contributed by atoms with E-state index in [0.717, 1.165) is 39.0 Å². The summed E-state index contributed by atoms with van der Waals surface area (Å²) >= 11 is 0. The van der Waals surface area contributed by atoms with Gasteiger partial charge in [-0.3, -0.25) is 4.98 Å². The Morgan fingerprint density at radius 1 is 1.17 bits per heavy atom. The molecule has 1 N–H and O–H groups in total. The van der Waals surface area contributed by atoms with Crippen LogP contribution in [0.15, 0.2) is 24.5 Å². The highest BCUT2D eigenvalue weighted by molar-refractivity contribution is 5.08. The van der Waals surface area contributed by atoms with E-state index in [-0.39, 0.29) is 0 Å². The summed E-state index contributed by atoms with van der Waals surface area (Å²) in [6, 6.07) is 4.09. The predicted octanol–water partition coefficient (Wildman–Crippen LogP) is 1.66. The molecule has 102 valence electrons. The van der Waals surface area contributed by atoms with Crippen LogP contribution < -0.4 is 5.32 Å². The first-order valence-corrected chi connectivity index (χ1v) is 6.60. The van der Waals surface area contributed by atoms with Crippen molar-refractivity contribution in [3.63, 3.8) is 0 Å². The monoisotopic (exact) mass is 252 g/mol. The molecule has 4 heteroatoms. The lowest BCUT2D eigenvalue weighted by atomic mass is 10.2. The third-order valence-corrected chi connectivity index (χ3v) is 2.64. The molecule has 0 amide bonds. The summed E-state index contributed by atoms with van der Waals surface area (Å²) in [7, 11) is 1.69. The minimum atomic E-state index is 0.684. The number of unbranched alkanes of at least 4 members (excludes halogenated alkanes) is 1. The number of nitrogens with one attached hydrogen (secondary N) is 1. The van der Waals surface area contributed by atoms with Crippen molar-refractivity contribution < 1.29 is 9.47 Å². The second-order valence-corrected chi connectivity index (χ2v) is 4.17. The van der Waals surface area contributed by atoms with E-state index < -0.39 is 0 Å². The molecule has 1 aromatic rings. The van der Waals surface area contributed by atoms with Gasteiger partial charge in [0.05, 0.1) is 13.2 Å². The van der Waals surface area contributed by atoms with E-state index in [0.29, 0.717) is 13.2 Å². The fourth-order valence-corrected chi connectivity index (χ4v) is 1.60. The van der Waals surface area contributed by atoms with E-state index in [1.54, 1.807) is 13.3 Å². The second kappa shape index (κ2) is 11.1. The summed E-state index contributed by atoms with van der Waals surface area (Å²) in [5.74, 6) is 0. The first-order chi connectivity index (χ1) is 8.93. The lowest BCUT2D eigenvalue weighted by Crippen LogP contribution is -2.19. The third-order valence-electron chi connectivity index (χ3n) is 2.64. The van der Waals surface area contributed by atoms with E-state index >= 15 is 0 Å². The van der Waals surface area contributed by atoms with Crippen LogP contribution in [-0.2, 0) is 15.9 Å². The Kier molecular flexibility index (Phi) is 9.34. The zero-order valence-electron chi connectivity index (χ0n) is 11.2. The fraction of sp³-hybridized carbons (Fsp3) is 0.643. The first-order valence-electron chi connectivity index (χ1n) is 6.60. The van der Waals surface area contributed by atoms with Crippen molar-refractivity contribution in [1.82, 2.24) is 10.3 Å². The molecule has 0 saturated heterocycles. The van der Waals surface area contributed by atoms with Crippen LogP contribution in [0.25, 0.3) is 0 Å². The predicted molar refractivity (Wildman–Crippen MR) is 72.7 cm³/mol. The van der Waals surface area contributed by atoms with Crippen LogP contribution in [-0.4, -0.2) is 45.0 Å². The van der Waals surface area contributed by atoms with Crippen molar-refractivity contribution in [2.75, 3.05) is 40.0 Å². The van der Waals surface area contributed by atoms with E-state index in [1.807, 2.05) is 12.3 Å². The average molecular weight is 252 g/mol. The number of methoxy groups -OCH3 is 1. The molecule has 18 heavy (non-hydrogen) atoms. The Bertz CT molecular complexity index is 280. The second-order valence-electron chi connectivity index (χ2n) is 4.17. The van der Waals surface area contributed by atoms with E-state index in [2.05, 4.69) is 16.4 Å².